The van der Waals surface area contributed by atoms with Crippen molar-refractivity contribution in [2.75, 3.05) is 6.54 Å². The third-order valence-electron chi connectivity index (χ3n) is 2.89. The fraction of sp³-hybridized carbons (Fsp3) is 0.357. The van der Waals surface area contributed by atoms with Crippen molar-refractivity contribution in [2.24, 2.45) is 7.05 Å². The summed E-state index contributed by atoms with van der Waals surface area (Å²) in [6.45, 7) is 3.86. The van der Waals surface area contributed by atoms with Gasteiger partial charge in [0, 0.05) is 7.05 Å². The number of rotatable bonds is 5. The van der Waals surface area contributed by atoms with Gasteiger partial charge in [0.05, 0.1) is 17.6 Å². The highest BCUT2D eigenvalue weighted by atomic mass is 15.1. The molecule has 2 rings (SSSR count). The van der Waals surface area contributed by atoms with Crippen LogP contribution in [0.1, 0.15) is 19.2 Å². The van der Waals surface area contributed by atoms with Gasteiger partial charge in [-0.3, -0.25) is 0 Å². The Morgan fingerprint density at radius 3 is 2.94 bits per heavy atom. The molecule has 2 aromatic rings. The van der Waals surface area contributed by atoms with Crippen LogP contribution in [-0.2, 0) is 13.6 Å². The SMILES string of the molecule is C/C=C/CCNCc1nc2ccccc2n1C. The highest BCUT2D eigenvalue weighted by Crippen LogP contribution is 2.13. The van der Waals surface area contributed by atoms with Crippen LogP contribution in [-0.4, -0.2) is 16.1 Å². The Bertz CT molecular complexity index is 511. The van der Waals surface area contributed by atoms with Gasteiger partial charge in [-0.2, -0.15) is 0 Å². The molecule has 0 aliphatic rings. The maximum atomic E-state index is 4.61. The van der Waals surface area contributed by atoms with E-state index in [0.717, 1.165) is 30.9 Å². The lowest BCUT2D eigenvalue weighted by Gasteiger charge is -2.03. The Balaban J connectivity index is 2.01. The second-order valence-electron chi connectivity index (χ2n) is 4.11. The van der Waals surface area contributed by atoms with Crippen LogP contribution in [0.2, 0.25) is 0 Å². The van der Waals surface area contributed by atoms with Crippen molar-refractivity contribution in [3.8, 4) is 0 Å². The van der Waals surface area contributed by atoms with Crippen LogP contribution in [0.4, 0.5) is 0 Å². The second-order valence-corrected chi connectivity index (χ2v) is 4.11. The van der Waals surface area contributed by atoms with Crippen LogP contribution in [0.25, 0.3) is 11.0 Å². The highest BCUT2D eigenvalue weighted by Gasteiger charge is 2.05. The van der Waals surface area contributed by atoms with E-state index in [-0.39, 0.29) is 0 Å². The van der Waals surface area contributed by atoms with Gasteiger partial charge >= 0.3 is 0 Å². The number of nitrogens with zero attached hydrogens (tertiary/aromatic N) is 2. The van der Waals surface area contributed by atoms with E-state index in [1.54, 1.807) is 0 Å². The molecular formula is C14H19N3. The summed E-state index contributed by atoms with van der Waals surface area (Å²) >= 11 is 0. The molecule has 1 aromatic heterocycles. The molecule has 1 aromatic carbocycles. The Labute approximate surface area is 102 Å². The predicted octanol–water partition coefficient (Wildman–Crippen LogP) is 2.63. The number of hydrogen-bond acceptors (Lipinski definition) is 2. The fourth-order valence-electron chi connectivity index (χ4n) is 1.91. The first-order valence-corrected chi connectivity index (χ1v) is 6.05. The van der Waals surface area contributed by atoms with Crippen LogP contribution >= 0.6 is 0 Å². The van der Waals surface area contributed by atoms with E-state index in [4.69, 9.17) is 0 Å². The number of aromatic nitrogens is 2. The quantitative estimate of drug-likeness (QED) is 0.631. The fourth-order valence-corrected chi connectivity index (χ4v) is 1.91. The monoisotopic (exact) mass is 229 g/mol. The van der Waals surface area contributed by atoms with E-state index in [2.05, 4.69) is 46.2 Å². The zero-order valence-electron chi connectivity index (χ0n) is 10.5. The van der Waals surface area contributed by atoms with Gasteiger partial charge in [0.1, 0.15) is 5.82 Å². The van der Waals surface area contributed by atoms with Gasteiger partial charge in [0.25, 0.3) is 0 Å². The molecule has 0 aliphatic carbocycles. The molecule has 1 N–H and O–H groups in total. The van der Waals surface area contributed by atoms with E-state index < -0.39 is 0 Å². The van der Waals surface area contributed by atoms with Crippen molar-refractivity contribution in [2.45, 2.75) is 19.9 Å². The Morgan fingerprint density at radius 2 is 2.18 bits per heavy atom. The lowest BCUT2D eigenvalue weighted by Crippen LogP contribution is -2.16. The number of allylic oxidation sites excluding steroid dienone is 1. The first-order valence-electron chi connectivity index (χ1n) is 6.05. The summed E-state index contributed by atoms with van der Waals surface area (Å²) in [6.07, 6.45) is 5.32. The Kier molecular flexibility index (Phi) is 3.94. The summed E-state index contributed by atoms with van der Waals surface area (Å²) in [6, 6.07) is 8.23. The number of benzene rings is 1. The normalized spacial score (nSPS) is 11.6. The maximum absolute atomic E-state index is 4.61. The molecule has 3 nitrogen and oxygen atoms in total. The molecular weight excluding hydrogens is 210 g/mol. The smallest absolute Gasteiger partial charge is 0.123 e. The van der Waals surface area contributed by atoms with Gasteiger partial charge in [-0.05, 0) is 32.0 Å². The highest BCUT2D eigenvalue weighted by molar-refractivity contribution is 5.75. The Hall–Kier alpha value is -1.61. The molecule has 0 bridgehead atoms. The average Bonchev–Trinajstić information content (AvgIpc) is 2.67. The summed E-state index contributed by atoms with van der Waals surface area (Å²) in [5, 5.41) is 3.40. The summed E-state index contributed by atoms with van der Waals surface area (Å²) in [4.78, 5) is 4.61. The third-order valence-corrected chi connectivity index (χ3v) is 2.89. The van der Waals surface area contributed by atoms with Crippen LogP contribution in [0, 0.1) is 0 Å². The third kappa shape index (κ3) is 2.74. The van der Waals surface area contributed by atoms with E-state index in [0.29, 0.717) is 0 Å². The first kappa shape index (κ1) is 11.9. The number of imidazole rings is 1. The van der Waals surface area contributed by atoms with E-state index in [9.17, 15) is 0 Å². The van der Waals surface area contributed by atoms with Gasteiger partial charge in [-0.25, -0.2) is 4.98 Å². The zero-order chi connectivity index (χ0) is 12.1. The molecule has 0 saturated heterocycles. The molecule has 0 saturated carbocycles. The van der Waals surface area contributed by atoms with Gasteiger partial charge in [-0.1, -0.05) is 24.3 Å². The topological polar surface area (TPSA) is 29.9 Å². The van der Waals surface area contributed by atoms with Crippen molar-refractivity contribution in [3.63, 3.8) is 0 Å². The molecule has 0 fully saturated rings. The molecule has 1 heterocycles. The van der Waals surface area contributed by atoms with Crippen molar-refractivity contribution in [1.29, 1.82) is 0 Å². The van der Waals surface area contributed by atoms with Crippen molar-refractivity contribution in [1.82, 2.24) is 14.9 Å². The molecule has 90 valence electrons. The van der Waals surface area contributed by atoms with E-state index in [1.807, 2.05) is 19.1 Å². The van der Waals surface area contributed by atoms with Crippen LogP contribution in [0.5, 0.6) is 0 Å². The van der Waals surface area contributed by atoms with Crippen molar-refractivity contribution < 1.29 is 0 Å². The molecule has 0 spiro atoms. The van der Waals surface area contributed by atoms with Crippen molar-refractivity contribution in [3.05, 3.63) is 42.2 Å². The lowest BCUT2D eigenvalue weighted by molar-refractivity contribution is 0.647. The molecule has 17 heavy (non-hydrogen) atoms. The van der Waals surface area contributed by atoms with Gasteiger partial charge in [-0.15, -0.1) is 0 Å². The molecule has 0 aliphatic heterocycles. The number of fused-ring (bicyclic) bond motifs is 1. The van der Waals surface area contributed by atoms with Crippen LogP contribution in [0.15, 0.2) is 36.4 Å². The summed E-state index contributed by atoms with van der Waals surface area (Å²) < 4.78 is 2.15. The summed E-state index contributed by atoms with van der Waals surface area (Å²) in [5.41, 5.74) is 2.26. The Morgan fingerprint density at radius 1 is 1.35 bits per heavy atom. The molecule has 3 heteroatoms. The minimum absolute atomic E-state index is 0.822. The molecule has 0 radical (unpaired) electrons. The standard InChI is InChI=1S/C14H19N3/c1-3-4-7-10-15-11-14-16-12-8-5-6-9-13(12)17(14)2/h3-6,8-9,15H,7,10-11H2,1-2H3/b4-3+. The van der Waals surface area contributed by atoms with Crippen LogP contribution in [0.3, 0.4) is 0 Å². The first-order chi connectivity index (χ1) is 8.33. The van der Waals surface area contributed by atoms with Gasteiger partial charge in [0.2, 0.25) is 0 Å². The minimum atomic E-state index is 0.822. The van der Waals surface area contributed by atoms with Gasteiger partial charge < -0.3 is 9.88 Å². The average molecular weight is 229 g/mol. The zero-order valence-corrected chi connectivity index (χ0v) is 10.5. The lowest BCUT2D eigenvalue weighted by atomic mass is 10.3. The van der Waals surface area contributed by atoms with E-state index in [1.165, 1.54) is 5.52 Å². The molecule has 0 amide bonds. The van der Waals surface area contributed by atoms with Gasteiger partial charge in [0.15, 0.2) is 0 Å². The minimum Gasteiger partial charge on any atom is -0.330 e. The summed E-state index contributed by atoms with van der Waals surface area (Å²) in [5.74, 6) is 1.09. The number of para-hydroxylation sites is 2. The number of nitrogens with one attached hydrogen (secondary N) is 1. The molecule has 0 unspecified atom stereocenters. The molecule has 0 atom stereocenters. The number of hydrogen-bond donors (Lipinski definition) is 1. The van der Waals surface area contributed by atoms with Crippen LogP contribution < -0.4 is 5.32 Å². The van der Waals surface area contributed by atoms with E-state index >= 15 is 0 Å². The largest absolute Gasteiger partial charge is 0.330 e. The maximum Gasteiger partial charge on any atom is 0.123 e. The second kappa shape index (κ2) is 5.64. The summed E-state index contributed by atoms with van der Waals surface area (Å²) in [7, 11) is 2.07. The van der Waals surface area contributed by atoms with Crippen molar-refractivity contribution >= 4 is 11.0 Å². The predicted molar refractivity (Wildman–Crippen MR) is 71.9 cm³/mol. The number of aryl methyl sites for hydroxylation is 1.